The number of anilines is 1. The quantitative estimate of drug-likeness (QED) is 0.723. The zero-order valence-corrected chi connectivity index (χ0v) is 11.6. The number of hydrogen-bond donors (Lipinski definition) is 2. The first-order valence-electron chi connectivity index (χ1n) is 6.76. The van der Waals surface area contributed by atoms with Gasteiger partial charge in [0.15, 0.2) is 0 Å². The van der Waals surface area contributed by atoms with Gasteiger partial charge in [-0.05, 0) is 43.7 Å². The Bertz CT molecular complexity index is 433. The van der Waals surface area contributed by atoms with Crippen molar-refractivity contribution in [3.8, 4) is 5.75 Å². The summed E-state index contributed by atoms with van der Waals surface area (Å²) in [7, 11) is 0. The molecule has 0 saturated carbocycles. The van der Waals surface area contributed by atoms with Crippen molar-refractivity contribution in [1.82, 2.24) is 0 Å². The lowest BCUT2D eigenvalue weighted by atomic mass is 10.1. The summed E-state index contributed by atoms with van der Waals surface area (Å²) in [6.45, 7) is 0.651. The zero-order valence-electron chi connectivity index (χ0n) is 11.6. The number of unbranched alkanes of at least 4 members (excludes halogenated alkanes) is 3. The molecule has 1 amide bonds. The van der Waals surface area contributed by atoms with Crippen molar-refractivity contribution in [1.29, 1.82) is 0 Å². The molecule has 7 heteroatoms. The third kappa shape index (κ3) is 8.19. The Morgan fingerprint density at radius 3 is 2.29 bits per heavy atom. The lowest BCUT2D eigenvalue weighted by Crippen LogP contribution is -2.17. The number of rotatable bonds is 8. The average Bonchev–Trinajstić information content (AvgIpc) is 2.39. The largest absolute Gasteiger partial charge is 0.573 e. The van der Waals surface area contributed by atoms with Gasteiger partial charge in [-0.15, -0.1) is 13.2 Å². The Labute approximate surface area is 121 Å². The normalized spacial score (nSPS) is 11.2. The third-order valence-electron chi connectivity index (χ3n) is 2.73. The number of carbonyl (C=O) groups is 1. The molecule has 21 heavy (non-hydrogen) atoms. The van der Waals surface area contributed by atoms with E-state index in [1.54, 1.807) is 0 Å². The van der Waals surface area contributed by atoms with Crippen molar-refractivity contribution in [2.45, 2.75) is 38.5 Å². The number of ether oxygens (including phenoxy) is 1. The van der Waals surface area contributed by atoms with Crippen LogP contribution < -0.4 is 15.8 Å². The Balaban J connectivity index is 2.33. The number of hydrogen-bond acceptors (Lipinski definition) is 3. The number of nitrogens with two attached hydrogens (primary N) is 1. The van der Waals surface area contributed by atoms with E-state index in [4.69, 9.17) is 5.73 Å². The fraction of sp³-hybridized carbons (Fsp3) is 0.500. The first kappa shape index (κ1) is 17.3. The van der Waals surface area contributed by atoms with Crippen LogP contribution in [0.2, 0.25) is 0 Å². The third-order valence-corrected chi connectivity index (χ3v) is 2.73. The van der Waals surface area contributed by atoms with Crippen LogP contribution in [0.1, 0.15) is 32.1 Å². The van der Waals surface area contributed by atoms with Crippen LogP contribution in [0.15, 0.2) is 24.3 Å². The maximum atomic E-state index is 12.0. The van der Waals surface area contributed by atoms with Gasteiger partial charge in [-0.1, -0.05) is 12.8 Å². The van der Waals surface area contributed by atoms with E-state index in [0.717, 1.165) is 37.8 Å². The van der Waals surface area contributed by atoms with E-state index in [0.29, 0.717) is 18.7 Å². The molecule has 118 valence electrons. The minimum absolute atomic E-state index is 0.160. The van der Waals surface area contributed by atoms with Crippen molar-refractivity contribution >= 4 is 11.6 Å². The Hall–Kier alpha value is -1.76. The van der Waals surface area contributed by atoms with Gasteiger partial charge in [0.25, 0.3) is 0 Å². The fourth-order valence-corrected chi connectivity index (χ4v) is 1.75. The second-order valence-electron chi connectivity index (χ2n) is 4.57. The minimum Gasteiger partial charge on any atom is -0.406 e. The van der Waals surface area contributed by atoms with E-state index in [2.05, 4.69) is 10.1 Å². The summed E-state index contributed by atoms with van der Waals surface area (Å²) in [5.41, 5.74) is 5.80. The topological polar surface area (TPSA) is 64.4 Å². The lowest BCUT2D eigenvalue weighted by molar-refractivity contribution is -0.274. The molecule has 0 aliphatic carbocycles. The molecule has 1 rings (SSSR count). The summed E-state index contributed by atoms with van der Waals surface area (Å²) < 4.78 is 39.7. The Kier molecular flexibility index (Phi) is 7.01. The van der Waals surface area contributed by atoms with Crippen LogP contribution in [0.25, 0.3) is 0 Å². The summed E-state index contributed by atoms with van der Waals surface area (Å²) in [5, 5.41) is 2.62. The number of amides is 1. The highest BCUT2D eigenvalue weighted by atomic mass is 19.4. The molecule has 0 aliphatic heterocycles. The van der Waals surface area contributed by atoms with E-state index in [9.17, 15) is 18.0 Å². The highest BCUT2D eigenvalue weighted by Gasteiger charge is 2.30. The summed E-state index contributed by atoms with van der Waals surface area (Å²) in [4.78, 5) is 11.6. The van der Waals surface area contributed by atoms with Gasteiger partial charge in [0.05, 0.1) is 0 Å². The predicted molar refractivity (Wildman–Crippen MR) is 73.9 cm³/mol. The molecule has 0 spiro atoms. The molecular formula is C14H19F3N2O2. The highest BCUT2D eigenvalue weighted by molar-refractivity contribution is 5.90. The van der Waals surface area contributed by atoms with Gasteiger partial charge < -0.3 is 15.8 Å². The molecule has 1 aromatic rings. The van der Waals surface area contributed by atoms with Crippen LogP contribution in [0.5, 0.6) is 5.75 Å². The van der Waals surface area contributed by atoms with Crippen LogP contribution in [0.3, 0.4) is 0 Å². The van der Waals surface area contributed by atoms with E-state index in [1.807, 2.05) is 0 Å². The van der Waals surface area contributed by atoms with Crippen molar-refractivity contribution in [2.75, 3.05) is 11.9 Å². The lowest BCUT2D eigenvalue weighted by Gasteiger charge is -2.10. The van der Waals surface area contributed by atoms with Crippen LogP contribution in [0.4, 0.5) is 18.9 Å². The molecule has 0 aromatic heterocycles. The van der Waals surface area contributed by atoms with Gasteiger partial charge in [-0.2, -0.15) is 0 Å². The van der Waals surface area contributed by atoms with E-state index in [-0.39, 0.29) is 11.7 Å². The van der Waals surface area contributed by atoms with Crippen molar-refractivity contribution < 1.29 is 22.7 Å². The zero-order chi connectivity index (χ0) is 15.7. The Morgan fingerprint density at radius 1 is 1.10 bits per heavy atom. The molecule has 0 atom stereocenters. The van der Waals surface area contributed by atoms with Gasteiger partial charge in [0.1, 0.15) is 5.75 Å². The SMILES string of the molecule is NCCCCCCC(=O)Nc1ccc(OC(F)(F)F)cc1. The molecule has 0 unspecified atom stereocenters. The summed E-state index contributed by atoms with van der Waals surface area (Å²) in [5.74, 6) is -0.477. The van der Waals surface area contributed by atoms with Gasteiger partial charge >= 0.3 is 6.36 Å². The average molecular weight is 304 g/mol. The van der Waals surface area contributed by atoms with E-state index >= 15 is 0 Å². The monoisotopic (exact) mass is 304 g/mol. The van der Waals surface area contributed by atoms with Crippen LogP contribution in [-0.4, -0.2) is 18.8 Å². The molecule has 4 nitrogen and oxygen atoms in total. The highest BCUT2D eigenvalue weighted by Crippen LogP contribution is 2.24. The number of carbonyl (C=O) groups excluding carboxylic acids is 1. The molecule has 3 N–H and O–H groups in total. The van der Waals surface area contributed by atoms with Gasteiger partial charge in [0, 0.05) is 12.1 Å². The molecule has 0 heterocycles. The summed E-state index contributed by atoms with van der Waals surface area (Å²) in [6.07, 6.45) is -0.695. The molecular weight excluding hydrogens is 285 g/mol. The number of nitrogens with one attached hydrogen (secondary N) is 1. The van der Waals surface area contributed by atoms with Gasteiger partial charge in [0.2, 0.25) is 5.91 Å². The Morgan fingerprint density at radius 2 is 1.71 bits per heavy atom. The first-order valence-corrected chi connectivity index (χ1v) is 6.76. The van der Waals surface area contributed by atoms with Gasteiger partial charge in [-0.25, -0.2) is 0 Å². The molecule has 0 saturated heterocycles. The second-order valence-corrected chi connectivity index (χ2v) is 4.57. The molecule has 0 radical (unpaired) electrons. The van der Waals surface area contributed by atoms with Crippen LogP contribution >= 0.6 is 0 Å². The molecule has 0 aliphatic rings. The van der Waals surface area contributed by atoms with Crippen molar-refractivity contribution in [3.05, 3.63) is 24.3 Å². The number of alkyl halides is 3. The minimum atomic E-state index is -4.71. The standard InChI is InChI=1S/C14H19F3N2O2/c15-14(16,17)21-12-8-6-11(7-9-12)19-13(20)5-3-1-2-4-10-18/h6-9H,1-5,10,18H2,(H,19,20). The maximum Gasteiger partial charge on any atom is 0.573 e. The van der Waals surface area contributed by atoms with Crippen LogP contribution in [0, 0.1) is 0 Å². The molecule has 0 fully saturated rings. The number of halogens is 3. The summed E-state index contributed by atoms with van der Waals surface area (Å²) in [6, 6.07) is 5.05. The first-order chi connectivity index (χ1) is 9.90. The van der Waals surface area contributed by atoms with E-state index in [1.165, 1.54) is 12.1 Å². The molecule has 1 aromatic carbocycles. The van der Waals surface area contributed by atoms with Gasteiger partial charge in [-0.3, -0.25) is 4.79 Å². The van der Waals surface area contributed by atoms with Crippen molar-refractivity contribution in [2.24, 2.45) is 5.73 Å². The van der Waals surface area contributed by atoms with E-state index < -0.39 is 6.36 Å². The van der Waals surface area contributed by atoms with Crippen LogP contribution in [-0.2, 0) is 4.79 Å². The summed E-state index contributed by atoms with van der Waals surface area (Å²) >= 11 is 0. The second kappa shape index (κ2) is 8.51. The molecule has 0 bridgehead atoms. The number of benzene rings is 1. The smallest absolute Gasteiger partial charge is 0.406 e. The fourth-order valence-electron chi connectivity index (χ4n) is 1.75. The maximum absolute atomic E-state index is 12.0. The van der Waals surface area contributed by atoms with Crippen molar-refractivity contribution in [3.63, 3.8) is 0 Å². The predicted octanol–water partition coefficient (Wildman–Crippen LogP) is 3.43.